The van der Waals surface area contributed by atoms with E-state index < -0.39 is 0 Å². The van der Waals surface area contributed by atoms with E-state index in [2.05, 4.69) is 69.3 Å². The fourth-order valence-electron chi connectivity index (χ4n) is 4.18. The van der Waals surface area contributed by atoms with Crippen molar-refractivity contribution >= 4 is 40.2 Å². The first-order valence-corrected chi connectivity index (χ1v) is 11.0. The summed E-state index contributed by atoms with van der Waals surface area (Å²) >= 11 is 5.43. The lowest BCUT2D eigenvalue weighted by Crippen LogP contribution is -1.97. The van der Waals surface area contributed by atoms with Gasteiger partial charge >= 0.3 is 0 Å². The number of methoxy groups -OCH3 is 2. The van der Waals surface area contributed by atoms with Crippen molar-refractivity contribution in [2.75, 3.05) is 14.2 Å². The van der Waals surface area contributed by atoms with E-state index in [1.165, 1.54) is 21.8 Å². The van der Waals surface area contributed by atoms with Gasteiger partial charge in [-0.15, -0.1) is 0 Å². The average molecular weight is 458 g/mol. The van der Waals surface area contributed by atoms with Gasteiger partial charge in [0.1, 0.15) is 0 Å². The van der Waals surface area contributed by atoms with Crippen LogP contribution in [0.4, 0.5) is 0 Å². The molecule has 8 heteroatoms. The lowest BCUT2D eigenvalue weighted by atomic mass is 10.1. The van der Waals surface area contributed by atoms with E-state index in [1.807, 2.05) is 18.2 Å². The molecule has 0 radical (unpaired) electrons. The maximum Gasteiger partial charge on any atom is 0.216 e. The van der Waals surface area contributed by atoms with Crippen LogP contribution >= 0.6 is 12.2 Å². The number of aryl methyl sites for hydroxylation is 1. The maximum absolute atomic E-state index is 5.43. The summed E-state index contributed by atoms with van der Waals surface area (Å²) in [4.78, 5) is 0. The van der Waals surface area contributed by atoms with Crippen molar-refractivity contribution in [3.8, 4) is 22.9 Å². The van der Waals surface area contributed by atoms with Gasteiger partial charge in [0.2, 0.25) is 4.77 Å². The lowest BCUT2D eigenvalue weighted by molar-refractivity contribution is 0.355. The number of nitrogens with zero attached hydrogens (tertiary/aromatic N) is 4. The van der Waals surface area contributed by atoms with Crippen LogP contribution in [-0.4, -0.2) is 39.9 Å². The number of aromatic nitrogens is 4. The second-order valence-corrected chi connectivity index (χ2v) is 7.90. The van der Waals surface area contributed by atoms with Crippen LogP contribution in [0.1, 0.15) is 12.5 Å². The Morgan fingerprint density at radius 3 is 2.55 bits per heavy atom. The molecule has 0 saturated carbocycles. The number of nitrogens with one attached hydrogen (secondary N) is 1. The molecule has 33 heavy (non-hydrogen) atoms. The maximum atomic E-state index is 5.43. The first kappa shape index (κ1) is 21.0. The molecule has 5 aromatic rings. The average Bonchev–Trinajstić information content (AvgIpc) is 3.39. The highest BCUT2D eigenvalue weighted by molar-refractivity contribution is 7.71. The van der Waals surface area contributed by atoms with Crippen LogP contribution in [0.3, 0.4) is 0 Å². The molecule has 0 aliphatic rings. The van der Waals surface area contributed by atoms with Gasteiger partial charge in [0.15, 0.2) is 17.3 Å². The molecule has 0 amide bonds. The number of hydrogen-bond donors (Lipinski definition) is 1. The molecule has 1 N–H and O–H groups in total. The minimum atomic E-state index is 0.402. The Bertz CT molecular complexity index is 1560. The second kappa shape index (κ2) is 8.55. The summed E-state index contributed by atoms with van der Waals surface area (Å²) in [7, 11) is 3.20. The van der Waals surface area contributed by atoms with Crippen LogP contribution in [0.5, 0.6) is 11.5 Å². The first-order chi connectivity index (χ1) is 16.1. The normalized spacial score (nSPS) is 11.6. The molecule has 0 bridgehead atoms. The van der Waals surface area contributed by atoms with Crippen LogP contribution < -0.4 is 9.47 Å². The molecule has 0 fully saturated rings. The Morgan fingerprint density at radius 1 is 0.970 bits per heavy atom. The predicted molar refractivity (Wildman–Crippen MR) is 134 cm³/mol. The molecular formula is C25H23N5O2S. The van der Waals surface area contributed by atoms with Crippen LogP contribution in [0, 0.1) is 4.77 Å². The highest BCUT2D eigenvalue weighted by Gasteiger charge is 2.13. The van der Waals surface area contributed by atoms with Gasteiger partial charge < -0.3 is 14.0 Å². The number of hydrogen-bond acceptors (Lipinski definition) is 5. The molecule has 3 aromatic carbocycles. The number of aromatic amines is 1. The minimum Gasteiger partial charge on any atom is -0.493 e. The topological polar surface area (TPSA) is 69.4 Å². The third-order valence-corrected chi connectivity index (χ3v) is 5.99. The van der Waals surface area contributed by atoms with E-state index >= 15 is 0 Å². The standard InChI is InChI=1S/C25H23N5O2S/c1-4-29-20-8-6-5-7-18(20)19-13-16(9-11-21(19)29)15-26-30-24(27-28-25(30)33)17-10-12-22(31-2)23(14-17)32-3/h5-15H,4H2,1-3H3,(H,28,33)/b26-15-. The molecule has 2 aromatic heterocycles. The number of benzene rings is 3. The van der Waals surface area contributed by atoms with Crippen LogP contribution in [0.2, 0.25) is 0 Å². The fourth-order valence-corrected chi connectivity index (χ4v) is 4.36. The summed E-state index contributed by atoms with van der Waals surface area (Å²) in [5, 5.41) is 14.3. The van der Waals surface area contributed by atoms with E-state index in [4.69, 9.17) is 21.7 Å². The van der Waals surface area contributed by atoms with Gasteiger partial charge in [0, 0.05) is 33.9 Å². The quantitative estimate of drug-likeness (QED) is 0.265. The van der Waals surface area contributed by atoms with Crippen LogP contribution in [-0.2, 0) is 6.54 Å². The van der Waals surface area contributed by atoms with Gasteiger partial charge in [-0.3, -0.25) is 0 Å². The smallest absolute Gasteiger partial charge is 0.216 e. The second-order valence-electron chi connectivity index (χ2n) is 7.52. The van der Waals surface area contributed by atoms with Crippen molar-refractivity contribution in [3.63, 3.8) is 0 Å². The molecule has 5 rings (SSSR count). The Morgan fingerprint density at radius 2 is 1.76 bits per heavy atom. The summed E-state index contributed by atoms with van der Waals surface area (Å²) in [6.07, 6.45) is 1.80. The molecular weight excluding hydrogens is 434 g/mol. The summed E-state index contributed by atoms with van der Waals surface area (Å²) in [5.74, 6) is 1.84. The summed E-state index contributed by atoms with van der Waals surface area (Å²) in [5.41, 5.74) is 4.22. The van der Waals surface area contributed by atoms with Crippen molar-refractivity contribution in [2.45, 2.75) is 13.5 Å². The van der Waals surface area contributed by atoms with E-state index in [0.717, 1.165) is 17.7 Å². The molecule has 0 saturated heterocycles. The van der Waals surface area contributed by atoms with Gasteiger partial charge in [-0.05, 0) is 61.1 Å². The highest BCUT2D eigenvalue weighted by atomic mass is 32.1. The molecule has 166 valence electrons. The molecule has 2 heterocycles. The lowest BCUT2D eigenvalue weighted by Gasteiger charge is -2.09. The van der Waals surface area contributed by atoms with Gasteiger partial charge in [-0.25, -0.2) is 5.10 Å². The third kappa shape index (κ3) is 3.58. The van der Waals surface area contributed by atoms with Crippen LogP contribution in [0.15, 0.2) is 65.8 Å². The highest BCUT2D eigenvalue weighted by Crippen LogP contribution is 2.32. The van der Waals surface area contributed by atoms with Gasteiger partial charge in [-0.1, -0.05) is 24.3 Å². The monoisotopic (exact) mass is 457 g/mol. The van der Waals surface area contributed by atoms with Gasteiger partial charge in [0.25, 0.3) is 0 Å². The van der Waals surface area contributed by atoms with Crippen molar-refractivity contribution in [1.29, 1.82) is 0 Å². The third-order valence-electron chi connectivity index (χ3n) is 5.73. The minimum absolute atomic E-state index is 0.402. The summed E-state index contributed by atoms with van der Waals surface area (Å²) in [6.45, 7) is 3.08. The van der Waals surface area contributed by atoms with Crippen LogP contribution in [0.25, 0.3) is 33.2 Å². The Balaban J connectivity index is 1.56. The Labute approximate surface area is 195 Å². The zero-order valence-corrected chi connectivity index (χ0v) is 19.4. The van der Waals surface area contributed by atoms with E-state index in [0.29, 0.717) is 22.1 Å². The van der Waals surface area contributed by atoms with Gasteiger partial charge in [-0.2, -0.15) is 14.9 Å². The number of ether oxygens (including phenoxy) is 2. The molecule has 0 atom stereocenters. The number of para-hydroxylation sites is 1. The predicted octanol–water partition coefficient (Wildman–Crippen LogP) is 5.63. The van der Waals surface area contributed by atoms with Gasteiger partial charge in [0.05, 0.1) is 20.4 Å². The largest absolute Gasteiger partial charge is 0.493 e. The first-order valence-electron chi connectivity index (χ1n) is 10.6. The van der Waals surface area contributed by atoms with Crippen molar-refractivity contribution < 1.29 is 9.47 Å². The molecule has 7 nitrogen and oxygen atoms in total. The Kier molecular flexibility index (Phi) is 5.43. The fraction of sp³-hybridized carbons (Fsp3) is 0.160. The molecule has 0 aliphatic carbocycles. The van der Waals surface area contributed by atoms with Crippen molar-refractivity contribution in [2.24, 2.45) is 5.10 Å². The van der Waals surface area contributed by atoms with E-state index in [-0.39, 0.29) is 0 Å². The number of rotatable bonds is 6. The molecule has 0 aliphatic heterocycles. The summed E-state index contributed by atoms with van der Waals surface area (Å²) < 4.78 is 15.1. The Hall–Kier alpha value is -3.91. The zero-order chi connectivity index (χ0) is 22.9. The zero-order valence-electron chi connectivity index (χ0n) is 18.6. The number of fused-ring (bicyclic) bond motifs is 3. The number of H-pyrrole nitrogens is 1. The van der Waals surface area contributed by atoms with E-state index in [9.17, 15) is 0 Å². The van der Waals surface area contributed by atoms with Crippen molar-refractivity contribution in [3.05, 3.63) is 71.0 Å². The summed E-state index contributed by atoms with van der Waals surface area (Å²) in [6, 6.07) is 20.4. The van der Waals surface area contributed by atoms with Crippen molar-refractivity contribution in [1.82, 2.24) is 19.4 Å². The SMILES string of the molecule is CCn1c2ccccc2c2cc(/C=N\n3c(-c4ccc(OC)c(OC)c4)n[nH]c3=S)ccc21. The molecule has 0 unspecified atom stereocenters. The van der Waals surface area contributed by atoms with E-state index in [1.54, 1.807) is 25.1 Å². The molecule has 0 spiro atoms.